The van der Waals surface area contributed by atoms with Gasteiger partial charge in [-0.3, -0.25) is 0 Å². The molecule has 0 saturated carbocycles. The second-order valence-electron chi connectivity index (χ2n) is 3.67. The van der Waals surface area contributed by atoms with Gasteiger partial charge in [-0.05, 0) is 12.3 Å². The highest BCUT2D eigenvalue weighted by Crippen LogP contribution is 2.20. The fourth-order valence-corrected chi connectivity index (χ4v) is 2.21. The third-order valence-electron chi connectivity index (χ3n) is 2.47. The maximum atomic E-state index is 5.34. The summed E-state index contributed by atoms with van der Waals surface area (Å²) in [5.41, 5.74) is 3.01. The van der Waals surface area contributed by atoms with Gasteiger partial charge in [0.2, 0.25) is 6.29 Å². The first-order valence-electron chi connectivity index (χ1n) is 5.36. The van der Waals surface area contributed by atoms with Crippen LogP contribution in [0.15, 0.2) is 47.1 Å². The van der Waals surface area contributed by atoms with Gasteiger partial charge in [-0.2, -0.15) is 11.8 Å². The second-order valence-corrected chi connectivity index (χ2v) is 4.53. The van der Waals surface area contributed by atoms with E-state index >= 15 is 0 Å². The summed E-state index contributed by atoms with van der Waals surface area (Å²) in [5.74, 6) is 0.879. The molecule has 1 heterocycles. The van der Waals surface area contributed by atoms with Crippen LogP contribution in [0.4, 0.5) is 0 Å². The molecule has 1 aliphatic rings. The summed E-state index contributed by atoms with van der Waals surface area (Å²) in [7, 11) is 1.63. The molecule has 0 saturated heterocycles. The van der Waals surface area contributed by atoms with E-state index in [4.69, 9.17) is 9.57 Å². The number of methoxy groups -OCH3 is 1. The molecule has 1 aliphatic heterocycles. The summed E-state index contributed by atoms with van der Waals surface area (Å²) in [5, 5.41) is 4.09. The predicted molar refractivity (Wildman–Crippen MR) is 71.3 cm³/mol. The smallest absolute Gasteiger partial charge is 0.250 e. The Kier molecular flexibility index (Phi) is 4.23. The monoisotopic (exact) mass is 249 g/mol. The van der Waals surface area contributed by atoms with E-state index in [-0.39, 0.29) is 6.29 Å². The fraction of sp³-hybridized carbons (Fsp3) is 0.308. The van der Waals surface area contributed by atoms with E-state index in [2.05, 4.69) is 11.4 Å². The van der Waals surface area contributed by atoms with Crippen molar-refractivity contribution in [3.05, 3.63) is 47.5 Å². The van der Waals surface area contributed by atoms with Crippen molar-refractivity contribution in [2.24, 2.45) is 5.16 Å². The minimum Gasteiger partial charge on any atom is -0.358 e. The number of ether oxygens (including phenoxy) is 1. The van der Waals surface area contributed by atoms with Crippen LogP contribution in [0.2, 0.25) is 0 Å². The summed E-state index contributed by atoms with van der Waals surface area (Å²) in [4.78, 5) is 5.34. The Balaban J connectivity index is 2.24. The van der Waals surface area contributed by atoms with E-state index < -0.39 is 0 Å². The predicted octanol–water partition coefficient (Wildman–Crippen LogP) is 2.68. The van der Waals surface area contributed by atoms with Gasteiger partial charge >= 0.3 is 0 Å². The summed E-state index contributed by atoms with van der Waals surface area (Å²) in [6.45, 7) is 0. The summed E-state index contributed by atoms with van der Waals surface area (Å²) < 4.78 is 5.23. The number of rotatable bonds is 4. The summed E-state index contributed by atoms with van der Waals surface area (Å²) >= 11 is 1.74. The third-order valence-corrected chi connectivity index (χ3v) is 3.09. The van der Waals surface area contributed by atoms with Crippen LogP contribution in [0.3, 0.4) is 0 Å². The topological polar surface area (TPSA) is 30.8 Å². The number of hydrogen-bond donors (Lipinski definition) is 0. The maximum absolute atomic E-state index is 5.34. The van der Waals surface area contributed by atoms with Gasteiger partial charge in [0.15, 0.2) is 0 Å². The third kappa shape index (κ3) is 2.90. The molecule has 0 radical (unpaired) electrons. The molecule has 1 unspecified atom stereocenters. The minimum atomic E-state index is -0.352. The van der Waals surface area contributed by atoms with Crippen molar-refractivity contribution < 1.29 is 9.57 Å². The Morgan fingerprint density at radius 2 is 2.12 bits per heavy atom. The van der Waals surface area contributed by atoms with Crippen molar-refractivity contribution in [2.75, 3.05) is 19.1 Å². The van der Waals surface area contributed by atoms with Crippen LogP contribution < -0.4 is 0 Å². The van der Waals surface area contributed by atoms with Gasteiger partial charge < -0.3 is 9.57 Å². The van der Waals surface area contributed by atoms with Crippen LogP contribution in [0, 0.1) is 0 Å². The zero-order valence-electron chi connectivity index (χ0n) is 9.92. The van der Waals surface area contributed by atoms with Crippen LogP contribution in [0.25, 0.3) is 0 Å². The average Bonchev–Trinajstić information content (AvgIpc) is 2.40. The second kappa shape index (κ2) is 5.89. The highest BCUT2D eigenvalue weighted by molar-refractivity contribution is 7.98. The van der Waals surface area contributed by atoms with Crippen LogP contribution >= 0.6 is 11.8 Å². The van der Waals surface area contributed by atoms with Crippen molar-refractivity contribution in [3.63, 3.8) is 0 Å². The minimum absolute atomic E-state index is 0.352. The van der Waals surface area contributed by atoms with Gasteiger partial charge in [0.05, 0.1) is 0 Å². The zero-order valence-corrected chi connectivity index (χ0v) is 10.7. The van der Waals surface area contributed by atoms with Crippen LogP contribution in [-0.4, -0.2) is 31.1 Å². The molecule has 90 valence electrons. The van der Waals surface area contributed by atoms with Gasteiger partial charge in [0.1, 0.15) is 5.71 Å². The molecule has 17 heavy (non-hydrogen) atoms. The Morgan fingerprint density at radius 1 is 1.35 bits per heavy atom. The molecular weight excluding hydrogens is 234 g/mol. The molecule has 0 N–H and O–H groups in total. The van der Waals surface area contributed by atoms with Crippen molar-refractivity contribution in [2.45, 2.75) is 6.29 Å². The highest BCUT2D eigenvalue weighted by atomic mass is 32.2. The molecule has 0 fully saturated rings. The lowest BCUT2D eigenvalue weighted by atomic mass is 10.1. The normalized spacial score (nSPS) is 19.3. The van der Waals surface area contributed by atoms with Crippen LogP contribution in [-0.2, 0) is 9.57 Å². The molecule has 1 atom stereocenters. The zero-order chi connectivity index (χ0) is 12.1. The van der Waals surface area contributed by atoms with E-state index in [1.165, 1.54) is 0 Å². The van der Waals surface area contributed by atoms with E-state index in [0.717, 1.165) is 22.6 Å². The van der Waals surface area contributed by atoms with E-state index in [0.29, 0.717) is 0 Å². The first kappa shape index (κ1) is 12.2. The Morgan fingerprint density at radius 3 is 2.76 bits per heavy atom. The van der Waals surface area contributed by atoms with E-state index in [1.54, 1.807) is 18.9 Å². The molecule has 1 aromatic carbocycles. The standard InChI is InChI=1S/C13H15NO2S/c1-15-13-11(9-17-2)8-12(14-16-13)10-6-4-3-5-7-10/h3-8,13H,9H2,1-2H3. The molecule has 0 amide bonds. The Bertz CT molecular complexity index is 428. The SMILES string of the molecule is COC1ON=C(c2ccccc2)C=C1CSC. The molecular formula is C13H15NO2S. The first-order valence-corrected chi connectivity index (χ1v) is 6.76. The molecule has 0 aliphatic carbocycles. The number of nitrogens with zero attached hydrogens (tertiary/aromatic N) is 1. The molecule has 3 nitrogen and oxygen atoms in total. The molecule has 4 heteroatoms. The molecule has 0 bridgehead atoms. The number of oxime groups is 1. The molecule has 1 aromatic rings. The van der Waals surface area contributed by atoms with E-state index in [9.17, 15) is 0 Å². The van der Waals surface area contributed by atoms with Crippen molar-refractivity contribution in [1.29, 1.82) is 0 Å². The summed E-state index contributed by atoms with van der Waals surface area (Å²) in [6.07, 6.45) is 3.75. The van der Waals surface area contributed by atoms with Crippen LogP contribution in [0.5, 0.6) is 0 Å². The number of hydrogen-bond acceptors (Lipinski definition) is 4. The van der Waals surface area contributed by atoms with Gasteiger partial charge in [0.25, 0.3) is 0 Å². The van der Waals surface area contributed by atoms with Crippen molar-refractivity contribution in [3.8, 4) is 0 Å². The lowest BCUT2D eigenvalue weighted by Gasteiger charge is -2.21. The maximum Gasteiger partial charge on any atom is 0.250 e. The van der Waals surface area contributed by atoms with Gasteiger partial charge in [-0.15, -0.1) is 0 Å². The fourth-order valence-electron chi connectivity index (χ4n) is 1.66. The lowest BCUT2D eigenvalue weighted by Crippen LogP contribution is -2.23. The van der Waals surface area contributed by atoms with Crippen molar-refractivity contribution in [1.82, 2.24) is 0 Å². The summed E-state index contributed by atoms with van der Waals surface area (Å²) in [6, 6.07) is 9.99. The number of allylic oxidation sites excluding steroid dienone is 1. The average molecular weight is 249 g/mol. The lowest BCUT2D eigenvalue weighted by molar-refractivity contribution is -0.0986. The largest absolute Gasteiger partial charge is 0.358 e. The van der Waals surface area contributed by atoms with Gasteiger partial charge in [-0.25, -0.2) is 0 Å². The van der Waals surface area contributed by atoms with Gasteiger partial charge in [0, 0.05) is 24.0 Å². The van der Waals surface area contributed by atoms with Crippen molar-refractivity contribution >= 4 is 17.5 Å². The highest BCUT2D eigenvalue weighted by Gasteiger charge is 2.20. The molecule has 2 rings (SSSR count). The first-order chi connectivity index (χ1) is 8.35. The Hall–Kier alpha value is -1.26. The number of thioether (sulfide) groups is 1. The molecule has 0 aromatic heterocycles. The van der Waals surface area contributed by atoms with Crippen LogP contribution in [0.1, 0.15) is 5.56 Å². The quantitative estimate of drug-likeness (QED) is 0.822. The van der Waals surface area contributed by atoms with Gasteiger partial charge in [-0.1, -0.05) is 35.5 Å². The van der Waals surface area contributed by atoms with E-state index in [1.807, 2.05) is 36.4 Å². The molecule has 0 spiro atoms. The Labute approximate surface area is 105 Å². The number of benzene rings is 1.